The van der Waals surface area contributed by atoms with E-state index in [0.717, 1.165) is 17.2 Å². The van der Waals surface area contributed by atoms with Crippen LogP contribution in [0.15, 0.2) is 67.2 Å². The minimum Gasteiger partial charge on any atom is -0.506 e. The number of carbonyl (C=O) groups is 2. The van der Waals surface area contributed by atoms with Crippen molar-refractivity contribution in [1.82, 2.24) is 0 Å². The summed E-state index contributed by atoms with van der Waals surface area (Å²) < 4.78 is 55.6. The maximum absolute atomic E-state index is 13.3. The van der Waals surface area contributed by atoms with Crippen LogP contribution in [0.2, 0.25) is 0 Å². The van der Waals surface area contributed by atoms with Crippen LogP contribution >= 0.6 is 0 Å². The molecule has 0 atom stereocenters. The van der Waals surface area contributed by atoms with Crippen molar-refractivity contribution < 1.29 is 42.1 Å². The highest BCUT2D eigenvalue weighted by Gasteiger charge is 2.37. The average molecular weight is 529 g/mol. The fraction of sp³-hybridized carbons (Fsp3) is 0.241. The Labute approximate surface area is 218 Å². The molecule has 3 rings (SSSR count). The van der Waals surface area contributed by atoms with E-state index in [0.29, 0.717) is 17.4 Å². The molecule has 0 bridgehead atoms. The van der Waals surface area contributed by atoms with Crippen molar-refractivity contribution in [2.45, 2.75) is 39.2 Å². The Kier molecular flexibility index (Phi) is 8.19. The van der Waals surface area contributed by atoms with Crippen LogP contribution in [0, 0.1) is 0 Å². The first-order valence-electron chi connectivity index (χ1n) is 11.5. The number of alkyl halides is 3. The maximum Gasteiger partial charge on any atom is 0.419 e. The SMILES string of the molecule is C=C(C(=O)OC)c1ccc(-c2ccc(OCc3ccc(C(F)(F)F)c(O)c3C(=O)OC(C)(C)C)cc2)cc1. The van der Waals surface area contributed by atoms with Gasteiger partial charge in [-0.3, -0.25) is 0 Å². The van der Waals surface area contributed by atoms with Crippen molar-refractivity contribution in [1.29, 1.82) is 0 Å². The van der Waals surface area contributed by atoms with Gasteiger partial charge in [0.25, 0.3) is 0 Å². The first-order chi connectivity index (χ1) is 17.7. The van der Waals surface area contributed by atoms with E-state index in [4.69, 9.17) is 9.47 Å². The molecule has 0 spiro atoms. The quantitative estimate of drug-likeness (QED) is 0.268. The molecule has 0 saturated carbocycles. The maximum atomic E-state index is 13.3. The van der Waals surface area contributed by atoms with E-state index >= 15 is 0 Å². The van der Waals surface area contributed by atoms with E-state index in [1.165, 1.54) is 7.11 Å². The van der Waals surface area contributed by atoms with E-state index in [1.54, 1.807) is 57.2 Å². The Hall–Kier alpha value is -4.27. The van der Waals surface area contributed by atoms with E-state index < -0.39 is 40.6 Å². The molecule has 0 aliphatic heterocycles. The lowest BCUT2D eigenvalue weighted by Crippen LogP contribution is -2.25. The molecule has 0 heterocycles. The average Bonchev–Trinajstić information content (AvgIpc) is 2.85. The van der Waals surface area contributed by atoms with Crippen LogP contribution in [0.3, 0.4) is 0 Å². The van der Waals surface area contributed by atoms with Gasteiger partial charge in [-0.25, -0.2) is 9.59 Å². The van der Waals surface area contributed by atoms with Crippen LogP contribution in [0.25, 0.3) is 16.7 Å². The number of benzene rings is 3. The number of esters is 2. The zero-order valence-corrected chi connectivity index (χ0v) is 21.3. The number of phenolic OH excluding ortho intramolecular Hbond substituents is 1. The van der Waals surface area contributed by atoms with E-state index in [-0.39, 0.29) is 17.7 Å². The number of hydrogen-bond acceptors (Lipinski definition) is 6. The van der Waals surface area contributed by atoms with Gasteiger partial charge in [-0.05, 0) is 55.7 Å². The zero-order valence-electron chi connectivity index (χ0n) is 21.3. The Bertz CT molecular complexity index is 1330. The first-order valence-corrected chi connectivity index (χ1v) is 11.5. The van der Waals surface area contributed by atoms with Crippen molar-refractivity contribution in [2.24, 2.45) is 0 Å². The van der Waals surface area contributed by atoms with Gasteiger partial charge in [0.2, 0.25) is 0 Å². The monoisotopic (exact) mass is 528 g/mol. The lowest BCUT2D eigenvalue weighted by Gasteiger charge is -2.22. The third-order valence-electron chi connectivity index (χ3n) is 5.42. The van der Waals surface area contributed by atoms with E-state index in [1.807, 2.05) is 12.1 Å². The van der Waals surface area contributed by atoms with Gasteiger partial charge in [0, 0.05) is 5.56 Å². The number of hydrogen-bond donors (Lipinski definition) is 1. The van der Waals surface area contributed by atoms with Gasteiger partial charge < -0.3 is 19.3 Å². The highest BCUT2D eigenvalue weighted by atomic mass is 19.4. The molecule has 0 aliphatic carbocycles. The Morgan fingerprint density at radius 2 is 1.45 bits per heavy atom. The summed E-state index contributed by atoms with van der Waals surface area (Å²) in [7, 11) is 1.28. The minimum absolute atomic E-state index is 0.0373. The number of rotatable bonds is 7. The highest BCUT2D eigenvalue weighted by Crippen LogP contribution is 2.39. The molecule has 9 heteroatoms. The third kappa shape index (κ3) is 6.73. The normalized spacial score (nSPS) is 11.6. The molecule has 0 aliphatic rings. The van der Waals surface area contributed by atoms with Crippen LogP contribution in [0.5, 0.6) is 11.5 Å². The molecule has 0 saturated heterocycles. The summed E-state index contributed by atoms with van der Waals surface area (Å²) in [5.74, 6) is -2.43. The fourth-order valence-corrected chi connectivity index (χ4v) is 3.55. The molecule has 0 unspecified atom stereocenters. The predicted octanol–water partition coefficient (Wildman–Crippen LogP) is 6.80. The molecule has 0 fully saturated rings. The molecule has 1 N–H and O–H groups in total. The summed E-state index contributed by atoms with van der Waals surface area (Å²) in [6, 6.07) is 15.8. The number of phenols is 1. The summed E-state index contributed by atoms with van der Waals surface area (Å²) >= 11 is 0. The number of methoxy groups -OCH3 is 1. The molecule has 38 heavy (non-hydrogen) atoms. The first kappa shape index (κ1) is 28.3. The number of carbonyl (C=O) groups excluding carboxylic acids is 2. The van der Waals surface area contributed by atoms with Crippen molar-refractivity contribution in [3.63, 3.8) is 0 Å². The summed E-state index contributed by atoms with van der Waals surface area (Å²) in [6.45, 7) is 8.13. The van der Waals surface area contributed by atoms with E-state index in [2.05, 4.69) is 11.3 Å². The number of aromatic hydroxyl groups is 1. The van der Waals surface area contributed by atoms with E-state index in [9.17, 15) is 27.9 Å². The highest BCUT2D eigenvalue weighted by molar-refractivity contribution is 6.15. The van der Waals surface area contributed by atoms with Crippen LogP contribution in [0.4, 0.5) is 13.2 Å². The molecule has 0 aromatic heterocycles. The number of halogens is 3. The summed E-state index contributed by atoms with van der Waals surface area (Å²) in [5.41, 5.74) is -0.324. The smallest absolute Gasteiger partial charge is 0.419 e. The summed E-state index contributed by atoms with van der Waals surface area (Å²) in [5, 5.41) is 10.3. The molecular formula is C29H27F3O6. The van der Waals surface area contributed by atoms with Crippen molar-refractivity contribution >= 4 is 17.5 Å². The third-order valence-corrected chi connectivity index (χ3v) is 5.42. The topological polar surface area (TPSA) is 82.1 Å². The van der Waals surface area contributed by atoms with Crippen LogP contribution in [-0.4, -0.2) is 29.8 Å². The standard InChI is InChI=1S/C29H27F3O6/c1-17(26(34)36-5)18-6-8-19(9-7-18)20-10-13-22(14-11-20)37-16-21-12-15-23(29(30,31)32)25(33)24(21)27(35)38-28(2,3)4/h6-15,33H,1,16H2,2-5H3. The molecular weight excluding hydrogens is 501 g/mol. The molecule has 3 aromatic rings. The van der Waals surface area contributed by atoms with Gasteiger partial charge in [-0.15, -0.1) is 0 Å². The fourth-order valence-electron chi connectivity index (χ4n) is 3.55. The van der Waals surface area contributed by atoms with Crippen LogP contribution < -0.4 is 4.74 Å². The van der Waals surface area contributed by atoms with Crippen LogP contribution in [-0.2, 0) is 27.1 Å². The lowest BCUT2D eigenvalue weighted by molar-refractivity contribution is -0.139. The zero-order chi connectivity index (χ0) is 28.3. The lowest BCUT2D eigenvalue weighted by atomic mass is 10.0. The summed E-state index contributed by atoms with van der Waals surface area (Å²) in [6.07, 6.45) is -4.86. The molecule has 0 amide bonds. The molecule has 200 valence electrons. The Balaban J connectivity index is 1.80. The van der Waals surface area contributed by atoms with Gasteiger partial charge in [-0.2, -0.15) is 13.2 Å². The summed E-state index contributed by atoms with van der Waals surface area (Å²) in [4.78, 5) is 24.3. The van der Waals surface area contributed by atoms with Gasteiger partial charge >= 0.3 is 18.1 Å². The van der Waals surface area contributed by atoms with Gasteiger partial charge in [0.05, 0.1) is 18.2 Å². The predicted molar refractivity (Wildman–Crippen MR) is 136 cm³/mol. The molecule has 0 radical (unpaired) electrons. The van der Waals surface area contributed by atoms with Crippen molar-refractivity contribution in [3.8, 4) is 22.6 Å². The second-order valence-corrected chi connectivity index (χ2v) is 9.36. The van der Waals surface area contributed by atoms with Crippen molar-refractivity contribution in [2.75, 3.05) is 7.11 Å². The second kappa shape index (κ2) is 11.0. The van der Waals surface area contributed by atoms with Crippen molar-refractivity contribution in [3.05, 3.63) is 89.5 Å². The molecule has 3 aromatic carbocycles. The van der Waals surface area contributed by atoms with Gasteiger partial charge in [0.15, 0.2) is 0 Å². The second-order valence-electron chi connectivity index (χ2n) is 9.36. The Morgan fingerprint density at radius 3 is 1.95 bits per heavy atom. The van der Waals surface area contributed by atoms with Crippen LogP contribution in [0.1, 0.15) is 47.8 Å². The van der Waals surface area contributed by atoms with Gasteiger partial charge in [0.1, 0.15) is 29.3 Å². The minimum atomic E-state index is -4.86. The number of ether oxygens (including phenoxy) is 3. The Morgan fingerprint density at radius 1 is 0.895 bits per heavy atom. The largest absolute Gasteiger partial charge is 0.506 e. The van der Waals surface area contributed by atoms with Gasteiger partial charge in [-0.1, -0.05) is 49.0 Å². The molecule has 6 nitrogen and oxygen atoms in total.